The van der Waals surface area contributed by atoms with Gasteiger partial charge in [0.05, 0.1) is 11.9 Å². The van der Waals surface area contributed by atoms with Gasteiger partial charge < -0.3 is 10.4 Å². The van der Waals surface area contributed by atoms with Crippen LogP contribution in [0.3, 0.4) is 0 Å². The molecule has 1 heterocycles. The number of aromatic nitrogens is 3. The lowest BCUT2D eigenvalue weighted by molar-refractivity contribution is -0.140. The Balaban J connectivity index is 2.14. The molecule has 1 aromatic carbocycles. The molecule has 8 heteroatoms. The Morgan fingerprint density at radius 2 is 2.00 bits per heavy atom. The highest BCUT2D eigenvalue weighted by Gasteiger charge is 2.26. The molecule has 7 nitrogen and oxygen atoms in total. The van der Waals surface area contributed by atoms with E-state index in [4.69, 9.17) is 0 Å². The Labute approximate surface area is 132 Å². The Morgan fingerprint density at radius 1 is 1.35 bits per heavy atom. The number of hydrogen-bond donors (Lipinski definition) is 2. The number of nitrogens with zero attached hydrogens (tertiary/aromatic N) is 3. The summed E-state index contributed by atoms with van der Waals surface area (Å²) in [4.78, 5) is 24.5. The number of aliphatic carboxylic acids is 1. The highest BCUT2D eigenvalue weighted by molar-refractivity contribution is 5.94. The van der Waals surface area contributed by atoms with Crippen LogP contribution in [0, 0.1) is 11.7 Å². The molecule has 0 bridgehead atoms. The van der Waals surface area contributed by atoms with Crippen LogP contribution in [0.15, 0.2) is 30.5 Å². The third kappa shape index (κ3) is 3.91. The molecule has 0 aliphatic heterocycles. The molecule has 0 saturated carbocycles. The van der Waals surface area contributed by atoms with Crippen molar-refractivity contribution in [1.29, 1.82) is 0 Å². The van der Waals surface area contributed by atoms with Gasteiger partial charge in [-0.3, -0.25) is 4.79 Å². The number of hydrogen-bond acceptors (Lipinski definition) is 4. The standard InChI is InChI=1S/C15H17FN4O3/c1-3-9(2)13(15(22)23)18-14(21)12-8-17-20(19-12)11-6-4-10(16)5-7-11/h4-9,13H,3H2,1-2H3,(H,18,21)(H,22,23). The van der Waals surface area contributed by atoms with Gasteiger partial charge in [-0.15, -0.1) is 5.10 Å². The minimum atomic E-state index is -1.10. The highest BCUT2D eigenvalue weighted by atomic mass is 19.1. The van der Waals surface area contributed by atoms with Gasteiger partial charge in [-0.05, 0) is 30.2 Å². The Bertz CT molecular complexity index is 699. The highest BCUT2D eigenvalue weighted by Crippen LogP contribution is 2.10. The van der Waals surface area contributed by atoms with Crippen LogP contribution < -0.4 is 5.32 Å². The lowest BCUT2D eigenvalue weighted by Gasteiger charge is -2.19. The van der Waals surface area contributed by atoms with Crippen molar-refractivity contribution in [2.75, 3.05) is 0 Å². The molecule has 2 unspecified atom stereocenters. The molecule has 0 spiro atoms. The van der Waals surface area contributed by atoms with Crippen LogP contribution in [0.5, 0.6) is 0 Å². The number of carbonyl (C=O) groups is 2. The second-order valence-electron chi connectivity index (χ2n) is 5.17. The first kappa shape index (κ1) is 16.6. The normalized spacial score (nSPS) is 13.3. The van der Waals surface area contributed by atoms with Gasteiger partial charge in [-0.1, -0.05) is 20.3 Å². The third-order valence-electron chi connectivity index (χ3n) is 3.55. The molecule has 0 radical (unpaired) electrons. The number of carboxylic acids is 1. The van der Waals surface area contributed by atoms with Crippen molar-refractivity contribution in [3.8, 4) is 5.69 Å². The van der Waals surface area contributed by atoms with Gasteiger partial charge in [-0.2, -0.15) is 9.90 Å². The van der Waals surface area contributed by atoms with E-state index in [1.165, 1.54) is 35.3 Å². The minimum Gasteiger partial charge on any atom is -0.480 e. The summed E-state index contributed by atoms with van der Waals surface area (Å²) in [5.41, 5.74) is 0.478. The van der Waals surface area contributed by atoms with Crippen LogP contribution in [-0.4, -0.2) is 38.0 Å². The topological polar surface area (TPSA) is 97.1 Å². The average molecular weight is 320 g/mol. The summed E-state index contributed by atoms with van der Waals surface area (Å²) in [6.45, 7) is 3.59. The minimum absolute atomic E-state index is 0.0103. The smallest absolute Gasteiger partial charge is 0.326 e. The fourth-order valence-electron chi connectivity index (χ4n) is 1.96. The van der Waals surface area contributed by atoms with E-state index in [0.717, 1.165) is 0 Å². The van der Waals surface area contributed by atoms with E-state index in [9.17, 15) is 19.1 Å². The fraction of sp³-hybridized carbons (Fsp3) is 0.333. The zero-order valence-electron chi connectivity index (χ0n) is 12.7. The Kier molecular flexibility index (Phi) is 5.05. The van der Waals surface area contributed by atoms with Crippen LogP contribution in [-0.2, 0) is 4.79 Å². The van der Waals surface area contributed by atoms with Gasteiger partial charge in [0.1, 0.15) is 11.9 Å². The quantitative estimate of drug-likeness (QED) is 0.843. The SMILES string of the molecule is CCC(C)C(NC(=O)c1cnn(-c2ccc(F)cc2)n1)C(=O)O. The average Bonchev–Trinajstić information content (AvgIpc) is 3.02. The lowest BCUT2D eigenvalue weighted by Crippen LogP contribution is -2.45. The summed E-state index contributed by atoms with van der Waals surface area (Å²) >= 11 is 0. The van der Waals surface area contributed by atoms with Crippen LogP contribution in [0.4, 0.5) is 4.39 Å². The Hall–Kier alpha value is -2.77. The predicted octanol–water partition coefficient (Wildman–Crippen LogP) is 1.64. The molecule has 0 fully saturated rings. The van der Waals surface area contributed by atoms with Crippen molar-refractivity contribution in [3.05, 3.63) is 42.0 Å². The summed E-state index contributed by atoms with van der Waals surface area (Å²) in [6, 6.07) is 4.44. The molecule has 1 amide bonds. The monoisotopic (exact) mass is 320 g/mol. The van der Waals surface area contributed by atoms with Crippen molar-refractivity contribution < 1.29 is 19.1 Å². The summed E-state index contributed by atoms with van der Waals surface area (Å²) in [5, 5.41) is 19.5. The zero-order valence-corrected chi connectivity index (χ0v) is 12.7. The number of nitrogens with one attached hydrogen (secondary N) is 1. The molecule has 122 valence electrons. The van der Waals surface area contributed by atoms with Gasteiger partial charge in [0.15, 0.2) is 5.69 Å². The molecular weight excluding hydrogens is 303 g/mol. The van der Waals surface area contributed by atoms with Gasteiger partial charge in [0.25, 0.3) is 5.91 Å². The molecule has 0 aliphatic carbocycles. The van der Waals surface area contributed by atoms with Crippen molar-refractivity contribution >= 4 is 11.9 Å². The molecule has 2 aromatic rings. The third-order valence-corrected chi connectivity index (χ3v) is 3.55. The second kappa shape index (κ2) is 6.99. The summed E-state index contributed by atoms with van der Waals surface area (Å²) in [7, 11) is 0. The van der Waals surface area contributed by atoms with Crippen LogP contribution >= 0.6 is 0 Å². The molecule has 2 rings (SSSR count). The summed E-state index contributed by atoms with van der Waals surface area (Å²) in [5.74, 6) is -2.33. The van der Waals surface area contributed by atoms with Crippen LogP contribution in [0.1, 0.15) is 30.8 Å². The van der Waals surface area contributed by atoms with E-state index in [0.29, 0.717) is 12.1 Å². The number of halogens is 1. The maximum atomic E-state index is 12.9. The fourth-order valence-corrected chi connectivity index (χ4v) is 1.96. The first-order valence-electron chi connectivity index (χ1n) is 7.14. The van der Waals surface area contributed by atoms with E-state index in [1.807, 2.05) is 6.92 Å². The largest absolute Gasteiger partial charge is 0.480 e. The van der Waals surface area contributed by atoms with Gasteiger partial charge in [0, 0.05) is 0 Å². The lowest BCUT2D eigenvalue weighted by atomic mass is 9.99. The molecule has 1 aromatic heterocycles. The molecule has 0 saturated heterocycles. The number of rotatable bonds is 6. The molecule has 0 aliphatic rings. The predicted molar refractivity (Wildman–Crippen MR) is 79.7 cm³/mol. The molecule has 2 atom stereocenters. The molecule has 2 N–H and O–H groups in total. The van der Waals surface area contributed by atoms with Crippen molar-refractivity contribution in [3.63, 3.8) is 0 Å². The summed E-state index contributed by atoms with van der Waals surface area (Å²) in [6.07, 6.45) is 1.84. The van der Waals surface area contributed by atoms with Crippen molar-refractivity contribution in [2.24, 2.45) is 5.92 Å². The Morgan fingerprint density at radius 3 is 2.57 bits per heavy atom. The van der Waals surface area contributed by atoms with Crippen molar-refractivity contribution in [1.82, 2.24) is 20.3 Å². The molecule has 23 heavy (non-hydrogen) atoms. The summed E-state index contributed by atoms with van der Waals surface area (Å²) < 4.78 is 12.9. The number of benzene rings is 1. The first-order chi connectivity index (χ1) is 10.9. The number of amides is 1. The maximum Gasteiger partial charge on any atom is 0.326 e. The number of carbonyl (C=O) groups excluding carboxylic acids is 1. The van der Waals surface area contributed by atoms with E-state index in [-0.39, 0.29) is 11.6 Å². The van der Waals surface area contributed by atoms with E-state index in [2.05, 4.69) is 15.5 Å². The van der Waals surface area contributed by atoms with E-state index in [1.54, 1.807) is 6.92 Å². The van der Waals surface area contributed by atoms with E-state index < -0.39 is 23.7 Å². The maximum absolute atomic E-state index is 12.9. The van der Waals surface area contributed by atoms with Crippen LogP contribution in [0.25, 0.3) is 5.69 Å². The first-order valence-corrected chi connectivity index (χ1v) is 7.14. The van der Waals surface area contributed by atoms with Gasteiger partial charge >= 0.3 is 5.97 Å². The van der Waals surface area contributed by atoms with E-state index >= 15 is 0 Å². The van der Waals surface area contributed by atoms with Gasteiger partial charge in [-0.25, -0.2) is 9.18 Å². The number of carboxylic acid groups (broad SMARTS) is 1. The van der Waals surface area contributed by atoms with Crippen LogP contribution in [0.2, 0.25) is 0 Å². The second-order valence-corrected chi connectivity index (χ2v) is 5.17. The molecular formula is C15H17FN4O3. The zero-order chi connectivity index (χ0) is 17.0. The van der Waals surface area contributed by atoms with Gasteiger partial charge in [0.2, 0.25) is 0 Å². The van der Waals surface area contributed by atoms with Crippen molar-refractivity contribution in [2.45, 2.75) is 26.3 Å².